The molecule has 0 spiro atoms. The Bertz CT molecular complexity index is 377. The van der Waals surface area contributed by atoms with Crippen LogP contribution in [-0.2, 0) is 13.0 Å². The van der Waals surface area contributed by atoms with E-state index in [0.29, 0.717) is 0 Å². The van der Waals surface area contributed by atoms with Crippen molar-refractivity contribution >= 4 is 12.2 Å². The molecule has 0 aromatic carbocycles. The number of aryl methyl sites for hydroxylation is 1. The van der Waals surface area contributed by atoms with E-state index >= 15 is 0 Å². The molecule has 1 aliphatic rings. The number of hydrogen-bond donors (Lipinski definition) is 1. The number of H-pyrrole nitrogens is 1. The first-order valence-electron chi connectivity index (χ1n) is 5.99. The van der Waals surface area contributed by atoms with Crippen molar-refractivity contribution in [2.75, 3.05) is 0 Å². The van der Waals surface area contributed by atoms with Crippen molar-refractivity contribution in [3.63, 3.8) is 0 Å². The Labute approximate surface area is 96.7 Å². The summed E-state index contributed by atoms with van der Waals surface area (Å²) in [7, 11) is 0. The van der Waals surface area contributed by atoms with Gasteiger partial charge in [0.1, 0.15) is 0 Å². The van der Waals surface area contributed by atoms with E-state index in [4.69, 9.17) is 12.2 Å². The highest BCUT2D eigenvalue weighted by Gasteiger charge is 2.24. The van der Waals surface area contributed by atoms with Crippen LogP contribution >= 0.6 is 12.2 Å². The van der Waals surface area contributed by atoms with Gasteiger partial charge in [-0.3, -0.25) is 0 Å². The van der Waals surface area contributed by atoms with Crippen LogP contribution in [0.25, 0.3) is 0 Å². The zero-order valence-electron chi connectivity index (χ0n) is 9.62. The van der Waals surface area contributed by atoms with Gasteiger partial charge in [0.15, 0.2) is 4.77 Å². The van der Waals surface area contributed by atoms with Crippen LogP contribution in [0.4, 0.5) is 0 Å². The van der Waals surface area contributed by atoms with E-state index in [0.717, 1.165) is 29.6 Å². The molecule has 1 saturated carbocycles. The third-order valence-electron chi connectivity index (χ3n) is 3.77. The molecule has 2 nitrogen and oxygen atoms in total. The largest absolute Gasteiger partial charge is 0.337 e. The maximum absolute atomic E-state index is 5.32. The number of aromatic nitrogens is 2. The lowest BCUT2D eigenvalue weighted by molar-refractivity contribution is 0.358. The summed E-state index contributed by atoms with van der Waals surface area (Å²) < 4.78 is 3.19. The Morgan fingerprint density at radius 3 is 2.93 bits per heavy atom. The van der Waals surface area contributed by atoms with Crippen molar-refractivity contribution in [1.29, 1.82) is 0 Å². The smallest absolute Gasteiger partial charge is 0.177 e. The minimum Gasteiger partial charge on any atom is -0.337 e. The zero-order chi connectivity index (χ0) is 10.8. The van der Waals surface area contributed by atoms with Crippen molar-refractivity contribution in [2.45, 2.75) is 46.1 Å². The summed E-state index contributed by atoms with van der Waals surface area (Å²) >= 11 is 5.32. The minimum atomic E-state index is 0.831. The van der Waals surface area contributed by atoms with E-state index < -0.39 is 0 Å². The quantitative estimate of drug-likeness (QED) is 0.779. The van der Waals surface area contributed by atoms with Gasteiger partial charge in [-0.2, -0.15) is 0 Å². The molecule has 0 amide bonds. The minimum absolute atomic E-state index is 0.831. The Hall–Kier alpha value is -0.570. The topological polar surface area (TPSA) is 20.7 Å². The molecule has 1 aliphatic carbocycles. The van der Waals surface area contributed by atoms with Crippen LogP contribution in [0.1, 0.15) is 38.8 Å². The third kappa shape index (κ3) is 2.17. The van der Waals surface area contributed by atoms with Gasteiger partial charge in [0.05, 0.1) is 0 Å². The van der Waals surface area contributed by atoms with Crippen molar-refractivity contribution in [3.05, 3.63) is 16.7 Å². The molecule has 0 saturated heterocycles. The van der Waals surface area contributed by atoms with Gasteiger partial charge in [0, 0.05) is 18.4 Å². The maximum atomic E-state index is 5.32. The normalized spacial score (nSPS) is 26.0. The van der Waals surface area contributed by atoms with Crippen LogP contribution in [0.3, 0.4) is 0 Å². The van der Waals surface area contributed by atoms with Crippen LogP contribution < -0.4 is 0 Å². The van der Waals surface area contributed by atoms with Crippen LogP contribution in [-0.4, -0.2) is 9.55 Å². The molecular formula is C12H20N2S. The maximum Gasteiger partial charge on any atom is 0.177 e. The molecule has 2 atom stereocenters. The summed E-state index contributed by atoms with van der Waals surface area (Å²) in [6.07, 6.45) is 7.28. The van der Waals surface area contributed by atoms with Gasteiger partial charge in [-0.15, -0.1) is 0 Å². The van der Waals surface area contributed by atoms with E-state index in [2.05, 4.69) is 29.6 Å². The van der Waals surface area contributed by atoms with E-state index in [1.165, 1.54) is 25.0 Å². The van der Waals surface area contributed by atoms with Gasteiger partial charge in [0.2, 0.25) is 0 Å². The second-order valence-corrected chi connectivity index (χ2v) is 5.10. The summed E-state index contributed by atoms with van der Waals surface area (Å²) in [5.41, 5.74) is 1.35. The fourth-order valence-electron chi connectivity index (χ4n) is 2.65. The van der Waals surface area contributed by atoms with Crippen LogP contribution in [0.15, 0.2) is 6.20 Å². The SMILES string of the molecule is CCc1c[nH]c(=S)n1CC1CCCC1C. The molecule has 3 heteroatoms. The third-order valence-corrected chi connectivity index (χ3v) is 4.11. The second kappa shape index (κ2) is 4.52. The van der Waals surface area contributed by atoms with Crippen LogP contribution in [0, 0.1) is 16.6 Å². The standard InChI is InChI=1S/C12H20N2S/c1-3-11-7-13-12(15)14(11)8-10-6-4-5-9(10)2/h7,9-10H,3-6,8H2,1-2H3,(H,13,15). The summed E-state index contributed by atoms with van der Waals surface area (Å²) in [5, 5.41) is 0. The highest BCUT2D eigenvalue weighted by atomic mass is 32.1. The first kappa shape index (κ1) is 10.9. The van der Waals surface area contributed by atoms with Gasteiger partial charge in [-0.05, 0) is 36.9 Å². The zero-order valence-corrected chi connectivity index (χ0v) is 10.4. The van der Waals surface area contributed by atoms with E-state index in [1.807, 2.05) is 0 Å². The summed E-state index contributed by atoms with van der Waals surface area (Å²) in [5.74, 6) is 1.70. The molecule has 1 aromatic heterocycles. The lowest BCUT2D eigenvalue weighted by atomic mass is 9.98. The molecule has 1 fully saturated rings. The van der Waals surface area contributed by atoms with Gasteiger partial charge < -0.3 is 9.55 Å². The van der Waals surface area contributed by atoms with Gasteiger partial charge in [0.25, 0.3) is 0 Å². The molecule has 0 bridgehead atoms. The van der Waals surface area contributed by atoms with E-state index in [9.17, 15) is 0 Å². The average Bonchev–Trinajstić information content (AvgIpc) is 2.77. The molecule has 1 aromatic rings. The first-order valence-corrected chi connectivity index (χ1v) is 6.40. The van der Waals surface area contributed by atoms with Crippen molar-refractivity contribution in [2.24, 2.45) is 11.8 Å². The van der Waals surface area contributed by atoms with Crippen molar-refractivity contribution < 1.29 is 0 Å². The van der Waals surface area contributed by atoms with Gasteiger partial charge >= 0.3 is 0 Å². The summed E-state index contributed by atoms with van der Waals surface area (Å²) in [4.78, 5) is 3.15. The van der Waals surface area contributed by atoms with Crippen LogP contribution in [0.2, 0.25) is 0 Å². The number of hydrogen-bond acceptors (Lipinski definition) is 1. The van der Waals surface area contributed by atoms with Gasteiger partial charge in [-0.1, -0.05) is 26.7 Å². The number of nitrogens with one attached hydrogen (secondary N) is 1. The van der Waals surface area contributed by atoms with E-state index in [1.54, 1.807) is 0 Å². The molecule has 1 N–H and O–H groups in total. The lowest BCUT2D eigenvalue weighted by Gasteiger charge is -2.17. The number of aromatic amines is 1. The van der Waals surface area contributed by atoms with Crippen molar-refractivity contribution in [3.8, 4) is 0 Å². The first-order chi connectivity index (χ1) is 7.22. The molecule has 0 aliphatic heterocycles. The second-order valence-electron chi connectivity index (χ2n) is 4.72. The Balaban J connectivity index is 2.15. The Morgan fingerprint density at radius 2 is 2.33 bits per heavy atom. The predicted octanol–water partition coefficient (Wildman–Crippen LogP) is 3.54. The number of nitrogens with zero attached hydrogens (tertiary/aromatic N) is 1. The lowest BCUT2D eigenvalue weighted by Crippen LogP contribution is -2.14. The highest BCUT2D eigenvalue weighted by Crippen LogP contribution is 2.32. The van der Waals surface area contributed by atoms with E-state index in [-0.39, 0.29) is 0 Å². The number of rotatable bonds is 3. The molecule has 2 unspecified atom stereocenters. The molecule has 2 rings (SSSR count). The fourth-order valence-corrected chi connectivity index (χ4v) is 2.90. The highest BCUT2D eigenvalue weighted by molar-refractivity contribution is 7.71. The molecule has 15 heavy (non-hydrogen) atoms. The average molecular weight is 224 g/mol. The van der Waals surface area contributed by atoms with Crippen LogP contribution in [0.5, 0.6) is 0 Å². The molecule has 1 heterocycles. The molecule has 0 radical (unpaired) electrons. The fraction of sp³-hybridized carbons (Fsp3) is 0.750. The summed E-state index contributed by atoms with van der Waals surface area (Å²) in [6, 6.07) is 0. The van der Waals surface area contributed by atoms with Gasteiger partial charge in [-0.25, -0.2) is 0 Å². The Kier molecular flexibility index (Phi) is 3.29. The van der Waals surface area contributed by atoms with Crippen molar-refractivity contribution in [1.82, 2.24) is 9.55 Å². The predicted molar refractivity (Wildman–Crippen MR) is 65.5 cm³/mol. The summed E-state index contributed by atoms with van der Waals surface area (Å²) in [6.45, 7) is 5.68. The monoisotopic (exact) mass is 224 g/mol. The number of imidazole rings is 1. The molecular weight excluding hydrogens is 204 g/mol. The molecule has 84 valence electrons. The Morgan fingerprint density at radius 1 is 1.53 bits per heavy atom.